The van der Waals surface area contributed by atoms with Gasteiger partial charge in [0.1, 0.15) is 18.1 Å². The van der Waals surface area contributed by atoms with Gasteiger partial charge in [-0.3, -0.25) is 4.79 Å². The Morgan fingerprint density at radius 1 is 1.18 bits per heavy atom. The van der Waals surface area contributed by atoms with Crippen molar-refractivity contribution in [2.45, 2.75) is 6.42 Å². The molecule has 0 unspecified atom stereocenters. The largest absolute Gasteiger partial charge is 0.508 e. The van der Waals surface area contributed by atoms with Crippen molar-refractivity contribution < 1.29 is 14.6 Å². The number of hydrogen-bond acceptors (Lipinski definition) is 3. The first kappa shape index (κ1) is 14.1. The lowest BCUT2D eigenvalue weighted by molar-refractivity contribution is 0.104. The van der Waals surface area contributed by atoms with Gasteiger partial charge in [-0.1, -0.05) is 36.9 Å². The average molecular weight is 292 g/mol. The lowest BCUT2D eigenvalue weighted by Crippen LogP contribution is -1.95. The van der Waals surface area contributed by atoms with Crippen LogP contribution in [0.5, 0.6) is 11.5 Å². The van der Waals surface area contributed by atoms with Crippen LogP contribution in [0, 0.1) is 0 Å². The third-order valence-corrected chi connectivity index (χ3v) is 3.64. The molecule has 2 aromatic rings. The van der Waals surface area contributed by atoms with Crippen LogP contribution in [0.1, 0.15) is 21.5 Å². The minimum Gasteiger partial charge on any atom is -0.508 e. The number of ketones is 1. The molecule has 0 atom stereocenters. The standard InChI is InChI=1S/C19H16O3/c1-2-10-22-15-8-6-13(7-9-15)11-14-12-17-16(19(14)21)4-3-5-18(17)20/h2-9,11,20H,1,10,12H2/b14-11-. The number of phenolic OH excluding ortho intramolecular Hbond substituents is 1. The van der Waals surface area contributed by atoms with Crippen LogP contribution in [0.15, 0.2) is 60.7 Å². The molecule has 3 nitrogen and oxygen atoms in total. The van der Waals surface area contributed by atoms with Crippen molar-refractivity contribution in [3.63, 3.8) is 0 Å². The van der Waals surface area contributed by atoms with Gasteiger partial charge in [0, 0.05) is 23.1 Å². The molecule has 0 radical (unpaired) electrons. The molecular weight excluding hydrogens is 276 g/mol. The zero-order valence-corrected chi connectivity index (χ0v) is 12.1. The Balaban J connectivity index is 1.83. The number of aromatic hydroxyl groups is 1. The third kappa shape index (κ3) is 2.66. The number of ether oxygens (including phenoxy) is 1. The number of benzene rings is 2. The van der Waals surface area contributed by atoms with E-state index in [9.17, 15) is 9.90 Å². The van der Waals surface area contributed by atoms with Crippen molar-refractivity contribution >= 4 is 11.9 Å². The monoisotopic (exact) mass is 292 g/mol. The summed E-state index contributed by atoms with van der Waals surface area (Å²) < 4.78 is 5.43. The number of Topliss-reactive ketones (excluding diaryl/α,β-unsaturated/α-hetero) is 1. The van der Waals surface area contributed by atoms with E-state index < -0.39 is 0 Å². The van der Waals surface area contributed by atoms with Gasteiger partial charge >= 0.3 is 0 Å². The van der Waals surface area contributed by atoms with E-state index in [1.54, 1.807) is 24.3 Å². The molecule has 2 aromatic carbocycles. The lowest BCUT2D eigenvalue weighted by atomic mass is 10.1. The Kier molecular flexibility index (Phi) is 3.79. The Bertz CT molecular complexity index is 755. The van der Waals surface area contributed by atoms with Gasteiger partial charge in [0.25, 0.3) is 0 Å². The van der Waals surface area contributed by atoms with E-state index in [2.05, 4.69) is 6.58 Å². The van der Waals surface area contributed by atoms with Crippen LogP contribution in [0.2, 0.25) is 0 Å². The van der Waals surface area contributed by atoms with Crippen molar-refractivity contribution in [1.29, 1.82) is 0 Å². The van der Waals surface area contributed by atoms with Crippen molar-refractivity contribution in [3.8, 4) is 11.5 Å². The van der Waals surface area contributed by atoms with Crippen molar-refractivity contribution in [2.75, 3.05) is 6.61 Å². The predicted octanol–water partition coefficient (Wildman–Crippen LogP) is 3.78. The normalized spacial score (nSPS) is 14.9. The molecule has 1 aliphatic carbocycles. The summed E-state index contributed by atoms with van der Waals surface area (Å²) in [6.45, 7) is 4.07. The smallest absolute Gasteiger partial charge is 0.189 e. The van der Waals surface area contributed by atoms with Crippen LogP contribution in [-0.2, 0) is 6.42 Å². The SMILES string of the molecule is C=CCOc1ccc(/C=C2/Cc3c(O)cccc3C2=O)cc1. The molecule has 0 saturated carbocycles. The summed E-state index contributed by atoms with van der Waals surface area (Å²) in [6, 6.07) is 12.6. The third-order valence-electron chi connectivity index (χ3n) is 3.64. The fourth-order valence-electron chi connectivity index (χ4n) is 2.55. The van der Waals surface area contributed by atoms with Gasteiger partial charge in [0.15, 0.2) is 5.78 Å². The van der Waals surface area contributed by atoms with Crippen LogP contribution in [-0.4, -0.2) is 17.5 Å². The Morgan fingerprint density at radius 3 is 2.64 bits per heavy atom. The highest BCUT2D eigenvalue weighted by atomic mass is 16.5. The topological polar surface area (TPSA) is 46.5 Å². The van der Waals surface area contributed by atoms with Crippen LogP contribution >= 0.6 is 0 Å². The summed E-state index contributed by atoms with van der Waals surface area (Å²) in [5, 5.41) is 9.85. The maximum atomic E-state index is 12.3. The fraction of sp³-hybridized carbons (Fsp3) is 0.105. The molecule has 1 N–H and O–H groups in total. The number of allylic oxidation sites excluding steroid dienone is 1. The van der Waals surface area contributed by atoms with Gasteiger partial charge < -0.3 is 9.84 Å². The van der Waals surface area contributed by atoms with Crippen LogP contribution < -0.4 is 4.74 Å². The molecule has 0 spiro atoms. The van der Waals surface area contributed by atoms with Crippen LogP contribution in [0.4, 0.5) is 0 Å². The Hall–Kier alpha value is -2.81. The highest BCUT2D eigenvalue weighted by Crippen LogP contribution is 2.33. The number of carbonyl (C=O) groups is 1. The van der Waals surface area contributed by atoms with Crippen molar-refractivity contribution in [2.24, 2.45) is 0 Å². The number of hydrogen-bond donors (Lipinski definition) is 1. The second-order valence-corrected chi connectivity index (χ2v) is 5.15. The minimum atomic E-state index is -0.0158. The summed E-state index contributed by atoms with van der Waals surface area (Å²) in [7, 11) is 0. The van der Waals surface area contributed by atoms with E-state index in [1.807, 2.05) is 30.3 Å². The van der Waals surface area contributed by atoms with E-state index in [1.165, 1.54) is 0 Å². The van der Waals surface area contributed by atoms with E-state index in [0.717, 1.165) is 11.3 Å². The average Bonchev–Trinajstić information content (AvgIpc) is 2.85. The van der Waals surface area contributed by atoms with E-state index >= 15 is 0 Å². The molecule has 0 saturated heterocycles. The molecule has 0 bridgehead atoms. The molecule has 0 fully saturated rings. The molecule has 0 heterocycles. The van der Waals surface area contributed by atoms with Crippen LogP contribution in [0.25, 0.3) is 6.08 Å². The number of phenols is 1. The predicted molar refractivity (Wildman–Crippen MR) is 86.3 cm³/mol. The maximum absolute atomic E-state index is 12.3. The zero-order valence-electron chi connectivity index (χ0n) is 12.1. The van der Waals surface area contributed by atoms with Gasteiger partial charge in [0.2, 0.25) is 0 Å². The Labute approximate surface area is 129 Å². The molecule has 0 aromatic heterocycles. The fourth-order valence-corrected chi connectivity index (χ4v) is 2.55. The Morgan fingerprint density at radius 2 is 1.95 bits per heavy atom. The second-order valence-electron chi connectivity index (χ2n) is 5.15. The minimum absolute atomic E-state index is 0.0158. The number of fused-ring (bicyclic) bond motifs is 1. The van der Waals surface area contributed by atoms with Gasteiger partial charge in [0.05, 0.1) is 0 Å². The molecule has 110 valence electrons. The molecule has 22 heavy (non-hydrogen) atoms. The van der Waals surface area contributed by atoms with Gasteiger partial charge in [-0.2, -0.15) is 0 Å². The zero-order chi connectivity index (χ0) is 15.5. The summed E-state index contributed by atoms with van der Waals surface area (Å²) in [5.41, 5.74) is 2.93. The summed E-state index contributed by atoms with van der Waals surface area (Å²) in [5.74, 6) is 0.932. The molecule has 1 aliphatic rings. The van der Waals surface area contributed by atoms with E-state index in [4.69, 9.17) is 4.74 Å². The summed E-state index contributed by atoms with van der Waals surface area (Å²) in [4.78, 5) is 12.3. The number of carbonyl (C=O) groups excluding carboxylic acids is 1. The molecule has 3 rings (SSSR count). The number of rotatable bonds is 4. The first-order valence-corrected chi connectivity index (χ1v) is 7.09. The summed E-state index contributed by atoms with van der Waals surface area (Å²) >= 11 is 0. The quantitative estimate of drug-likeness (QED) is 0.689. The van der Waals surface area contributed by atoms with E-state index in [0.29, 0.717) is 29.7 Å². The van der Waals surface area contributed by atoms with Gasteiger partial charge in [-0.25, -0.2) is 0 Å². The van der Waals surface area contributed by atoms with Gasteiger partial charge in [-0.15, -0.1) is 0 Å². The first-order valence-electron chi connectivity index (χ1n) is 7.09. The van der Waals surface area contributed by atoms with Crippen molar-refractivity contribution in [1.82, 2.24) is 0 Å². The van der Waals surface area contributed by atoms with Gasteiger partial charge in [-0.05, 0) is 29.8 Å². The summed E-state index contributed by atoms with van der Waals surface area (Å²) in [6.07, 6.45) is 4.02. The maximum Gasteiger partial charge on any atom is 0.189 e. The molecular formula is C19H16O3. The molecule has 0 aliphatic heterocycles. The molecule has 0 amide bonds. The highest BCUT2D eigenvalue weighted by Gasteiger charge is 2.26. The second kappa shape index (κ2) is 5.90. The first-order chi connectivity index (χ1) is 10.7. The molecule has 3 heteroatoms. The van der Waals surface area contributed by atoms with Crippen LogP contribution in [0.3, 0.4) is 0 Å². The van der Waals surface area contributed by atoms with E-state index in [-0.39, 0.29) is 11.5 Å². The lowest BCUT2D eigenvalue weighted by Gasteiger charge is -2.03. The van der Waals surface area contributed by atoms with Crippen molar-refractivity contribution in [3.05, 3.63) is 77.4 Å². The highest BCUT2D eigenvalue weighted by molar-refractivity contribution is 6.16.